The molecule has 130 valence electrons. The molecule has 0 unspecified atom stereocenters. The SMILES string of the molecule is CN(CCOCc1ccccc1)C(=O)C1(CN)CCOCC1.Cl. The van der Waals surface area contributed by atoms with E-state index in [2.05, 4.69) is 0 Å². The fraction of sp³-hybridized carbons (Fsp3) is 0.588. The van der Waals surface area contributed by atoms with Crippen LogP contribution in [0, 0.1) is 5.41 Å². The van der Waals surface area contributed by atoms with Gasteiger partial charge in [0.15, 0.2) is 0 Å². The van der Waals surface area contributed by atoms with Crippen LogP contribution in [0.4, 0.5) is 0 Å². The summed E-state index contributed by atoms with van der Waals surface area (Å²) in [7, 11) is 1.82. The number of likely N-dealkylation sites (N-methyl/N-ethyl adjacent to an activating group) is 1. The minimum absolute atomic E-state index is 0. The van der Waals surface area contributed by atoms with E-state index in [9.17, 15) is 4.79 Å². The van der Waals surface area contributed by atoms with Crippen molar-refractivity contribution in [3.8, 4) is 0 Å². The number of rotatable bonds is 7. The van der Waals surface area contributed by atoms with Gasteiger partial charge < -0.3 is 20.1 Å². The Labute approximate surface area is 144 Å². The lowest BCUT2D eigenvalue weighted by Gasteiger charge is -2.37. The normalized spacial score (nSPS) is 16.4. The van der Waals surface area contributed by atoms with Gasteiger partial charge >= 0.3 is 0 Å². The Morgan fingerprint density at radius 1 is 1.30 bits per heavy atom. The van der Waals surface area contributed by atoms with Crippen molar-refractivity contribution in [3.63, 3.8) is 0 Å². The quantitative estimate of drug-likeness (QED) is 0.768. The molecule has 1 aliphatic heterocycles. The minimum Gasteiger partial charge on any atom is -0.381 e. The summed E-state index contributed by atoms with van der Waals surface area (Å²) in [5.41, 5.74) is 6.56. The number of carbonyl (C=O) groups is 1. The summed E-state index contributed by atoms with van der Waals surface area (Å²) < 4.78 is 11.0. The molecular formula is C17H27ClN2O3. The second kappa shape index (κ2) is 9.88. The van der Waals surface area contributed by atoms with Gasteiger partial charge in [-0.2, -0.15) is 0 Å². The first kappa shape index (κ1) is 19.9. The van der Waals surface area contributed by atoms with E-state index in [0.29, 0.717) is 52.4 Å². The molecule has 0 radical (unpaired) electrons. The molecule has 0 spiro atoms. The molecule has 0 saturated carbocycles. The number of benzene rings is 1. The zero-order chi connectivity index (χ0) is 15.8. The second-order valence-corrected chi connectivity index (χ2v) is 5.86. The average Bonchev–Trinajstić information content (AvgIpc) is 2.59. The largest absolute Gasteiger partial charge is 0.381 e. The molecule has 1 aromatic rings. The van der Waals surface area contributed by atoms with E-state index < -0.39 is 5.41 Å². The summed E-state index contributed by atoms with van der Waals surface area (Å²) in [5.74, 6) is 0.113. The van der Waals surface area contributed by atoms with Gasteiger partial charge in [0.05, 0.1) is 18.6 Å². The first-order chi connectivity index (χ1) is 10.7. The Bertz CT molecular complexity index is 464. The van der Waals surface area contributed by atoms with Crippen LogP contribution in [0.2, 0.25) is 0 Å². The molecule has 1 aromatic carbocycles. The van der Waals surface area contributed by atoms with Crippen molar-refractivity contribution in [3.05, 3.63) is 35.9 Å². The minimum atomic E-state index is -0.452. The van der Waals surface area contributed by atoms with E-state index >= 15 is 0 Å². The summed E-state index contributed by atoms with van der Waals surface area (Å²) in [6.45, 7) is 3.27. The van der Waals surface area contributed by atoms with E-state index in [0.717, 1.165) is 5.56 Å². The third kappa shape index (κ3) is 5.46. The van der Waals surface area contributed by atoms with Gasteiger partial charge in [0.25, 0.3) is 0 Å². The Balaban J connectivity index is 0.00000264. The molecule has 0 atom stereocenters. The van der Waals surface area contributed by atoms with E-state index in [1.54, 1.807) is 4.90 Å². The lowest BCUT2D eigenvalue weighted by molar-refractivity contribution is -0.146. The topological polar surface area (TPSA) is 64.8 Å². The van der Waals surface area contributed by atoms with Gasteiger partial charge in [-0.1, -0.05) is 30.3 Å². The highest BCUT2D eigenvalue weighted by Gasteiger charge is 2.40. The molecule has 6 heteroatoms. The van der Waals surface area contributed by atoms with Gasteiger partial charge in [-0.3, -0.25) is 4.79 Å². The number of nitrogens with two attached hydrogens (primary N) is 1. The smallest absolute Gasteiger partial charge is 0.230 e. The van der Waals surface area contributed by atoms with Gasteiger partial charge in [0, 0.05) is 33.4 Å². The lowest BCUT2D eigenvalue weighted by atomic mass is 9.79. The fourth-order valence-corrected chi connectivity index (χ4v) is 2.74. The van der Waals surface area contributed by atoms with Crippen LogP contribution in [0.15, 0.2) is 30.3 Å². The molecule has 1 aliphatic rings. The Morgan fingerprint density at radius 2 is 1.96 bits per heavy atom. The molecule has 0 aliphatic carbocycles. The molecule has 23 heavy (non-hydrogen) atoms. The van der Waals surface area contributed by atoms with Crippen molar-refractivity contribution in [2.24, 2.45) is 11.1 Å². The molecule has 5 nitrogen and oxygen atoms in total. The zero-order valence-electron chi connectivity index (χ0n) is 13.7. The van der Waals surface area contributed by atoms with E-state index in [1.165, 1.54) is 0 Å². The van der Waals surface area contributed by atoms with Gasteiger partial charge in [-0.25, -0.2) is 0 Å². The van der Waals surface area contributed by atoms with E-state index in [-0.39, 0.29) is 18.3 Å². The number of halogens is 1. The number of hydrogen-bond donors (Lipinski definition) is 1. The van der Waals surface area contributed by atoms with Crippen molar-refractivity contribution in [2.45, 2.75) is 19.4 Å². The van der Waals surface area contributed by atoms with Crippen molar-refractivity contribution >= 4 is 18.3 Å². The van der Waals surface area contributed by atoms with Crippen LogP contribution in [-0.2, 0) is 20.9 Å². The van der Waals surface area contributed by atoms with Gasteiger partial charge in [0.1, 0.15) is 0 Å². The Morgan fingerprint density at radius 3 is 2.57 bits per heavy atom. The fourth-order valence-electron chi connectivity index (χ4n) is 2.74. The van der Waals surface area contributed by atoms with Crippen molar-refractivity contribution in [2.75, 3.05) is 40.0 Å². The van der Waals surface area contributed by atoms with E-state index in [1.807, 2.05) is 37.4 Å². The highest BCUT2D eigenvalue weighted by atomic mass is 35.5. The highest BCUT2D eigenvalue weighted by molar-refractivity contribution is 5.85. The molecule has 2 rings (SSSR count). The number of ether oxygens (including phenoxy) is 2. The van der Waals surface area contributed by atoms with Crippen LogP contribution in [-0.4, -0.2) is 50.8 Å². The molecule has 0 aromatic heterocycles. The number of nitrogens with zero attached hydrogens (tertiary/aromatic N) is 1. The highest BCUT2D eigenvalue weighted by Crippen LogP contribution is 2.31. The monoisotopic (exact) mass is 342 g/mol. The molecular weight excluding hydrogens is 316 g/mol. The predicted octanol–water partition coefficient (Wildman–Crippen LogP) is 1.84. The van der Waals surface area contributed by atoms with Crippen LogP contribution in [0.5, 0.6) is 0 Å². The molecule has 1 saturated heterocycles. The Kier molecular flexibility index (Phi) is 8.55. The lowest BCUT2D eigenvalue weighted by Crippen LogP contribution is -2.50. The van der Waals surface area contributed by atoms with Crippen LogP contribution < -0.4 is 5.73 Å². The van der Waals surface area contributed by atoms with Crippen LogP contribution in [0.25, 0.3) is 0 Å². The third-order valence-corrected chi connectivity index (χ3v) is 4.32. The van der Waals surface area contributed by atoms with Gasteiger partial charge in [-0.05, 0) is 18.4 Å². The maximum atomic E-state index is 12.7. The van der Waals surface area contributed by atoms with Crippen molar-refractivity contribution < 1.29 is 14.3 Å². The first-order valence-electron chi connectivity index (χ1n) is 7.83. The standard InChI is InChI=1S/C17H26N2O3.ClH/c1-19(9-12-22-13-15-5-3-2-4-6-15)16(20)17(14-18)7-10-21-11-8-17;/h2-6H,7-14,18H2,1H3;1H. The maximum Gasteiger partial charge on any atom is 0.230 e. The molecule has 1 amide bonds. The zero-order valence-corrected chi connectivity index (χ0v) is 14.5. The van der Waals surface area contributed by atoms with Crippen molar-refractivity contribution in [1.82, 2.24) is 4.90 Å². The van der Waals surface area contributed by atoms with Crippen molar-refractivity contribution in [1.29, 1.82) is 0 Å². The molecule has 1 heterocycles. The Hall–Kier alpha value is -1.14. The summed E-state index contributed by atoms with van der Waals surface area (Å²) in [6, 6.07) is 10.0. The number of carbonyl (C=O) groups excluding carboxylic acids is 1. The van der Waals surface area contributed by atoms with Crippen LogP contribution in [0.3, 0.4) is 0 Å². The maximum absolute atomic E-state index is 12.7. The summed E-state index contributed by atoms with van der Waals surface area (Å²) in [5, 5.41) is 0. The van der Waals surface area contributed by atoms with Crippen LogP contribution >= 0.6 is 12.4 Å². The summed E-state index contributed by atoms with van der Waals surface area (Å²) >= 11 is 0. The van der Waals surface area contributed by atoms with Gasteiger partial charge in [-0.15, -0.1) is 12.4 Å². The first-order valence-corrected chi connectivity index (χ1v) is 7.83. The second-order valence-electron chi connectivity index (χ2n) is 5.86. The summed E-state index contributed by atoms with van der Waals surface area (Å²) in [6.07, 6.45) is 1.41. The van der Waals surface area contributed by atoms with Crippen LogP contribution in [0.1, 0.15) is 18.4 Å². The number of hydrogen-bond acceptors (Lipinski definition) is 4. The molecule has 1 fully saturated rings. The van der Waals surface area contributed by atoms with Gasteiger partial charge in [0.2, 0.25) is 5.91 Å². The predicted molar refractivity (Wildman–Crippen MR) is 92.5 cm³/mol. The number of amides is 1. The third-order valence-electron chi connectivity index (χ3n) is 4.32. The summed E-state index contributed by atoms with van der Waals surface area (Å²) in [4.78, 5) is 14.4. The van der Waals surface area contributed by atoms with E-state index in [4.69, 9.17) is 15.2 Å². The average molecular weight is 343 g/mol. The molecule has 0 bridgehead atoms. The molecule has 2 N–H and O–H groups in total.